The van der Waals surface area contributed by atoms with Crippen LogP contribution in [-0.2, 0) is 17.8 Å². The summed E-state index contributed by atoms with van der Waals surface area (Å²) in [6, 6.07) is 6.76. The number of amides is 1. The van der Waals surface area contributed by atoms with Crippen LogP contribution >= 0.6 is 0 Å². The summed E-state index contributed by atoms with van der Waals surface area (Å²) in [4.78, 5) is 12.9. The molecule has 0 unspecified atom stereocenters. The normalized spacial score (nSPS) is 14.2. The highest BCUT2D eigenvalue weighted by molar-refractivity contribution is 5.73. The van der Waals surface area contributed by atoms with E-state index >= 15 is 0 Å². The van der Waals surface area contributed by atoms with Crippen molar-refractivity contribution >= 4 is 11.6 Å². The number of carbonyl (C=O) groups excluding carboxylic acids is 1. The molecule has 0 spiro atoms. The van der Waals surface area contributed by atoms with Crippen molar-refractivity contribution in [2.24, 2.45) is 5.73 Å². The number of hydrogen-bond donors (Lipinski definition) is 2. The van der Waals surface area contributed by atoms with Crippen molar-refractivity contribution in [3.63, 3.8) is 0 Å². The third kappa shape index (κ3) is 4.23. The van der Waals surface area contributed by atoms with Crippen molar-refractivity contribution in [2.75, 3.05) is 25.0 Å². The molecule has 1 aliphatic heterocycles. The maximum Gasteiger partial charge on any atom is 0.217 e. The monoisotopic (exact) mass is 275 g/mol. The second kappa shape index (κ2) is 7.29. The zero-order chi connectivity index (χ0) is 14.4. The zero-order valence-corrected chi connectivity index (χ0v) is 12.3. The van der Waals surface area contributed by atoms with Crippen molar-refractivity contribution in [3.05, 3.63) is 29.3 Å². The molecule has 0 aromatic heterocycles. The molecule has 1 amide bonds. The maximum atomic E-state index is 10.6. The van der Waals surface area contributed by atoms with Crippen LogP contribution < -0.4 is 16.0 Å². The molecule has 4 heteroatoms. The van der Waals surface area contributed by atoms with Crippen LogP contribution in [0.2, 0.25) is 0 Å². The van der Waals surface area contributed by atoms with Gasteiger partial charge in [-0.15, -0.1) is 0 Å². The van der Waals surface area contributed by atoms with Crippen LogP contribution in [0.15, 0.2) is 18.2 Å². The lowest BCUT2D eigenvalue weighted by Crippen LogP contribution is -2.25. The highest BCUT2D eigenvalue weighted by atomic mass is 16.1. The Labute approximate surface area is 121 Å². The van der Waals surface area contributed by atoms with Crippen LogP contribution in [-0.4, -0.2) is 26.0 Å². The number of nitrogens with one attached hydrogen (secondary N) is 1. The summed E-state index contributed by atoms with van der Waals surface area (Å²) in [5.74, 6) is -0.205. The molecule has 2 rings (SSSR count). The fraction of sp³-hybridized carbons (Fsp3) is 0.562. The van der Waals surface area contributed by atoms with Crippen molar-refractivity contribution in [3.8, 4) is 0 Å². The van der Waals surface area contributed by atoms with E-state index in [-0.39, 0.29) is 5.91 Å². The van der Waals surface area contributed by atoms with Gasteiger partial charge in [0.1, 0.15) is 0 Å². The molecule has 1 aromatic rings. The van der Waals surface area contributed by atoms with Crippen LogP contribution in [0.3, 0.4) is 0 Å². The lowest BCUT2D eigenvalue weighted by Gasteiger charge is -2.27. The topological polar surface area (TPSA) is 58.4 Å². The SMILES string of the molecule is CN1CCCc2cc(CNCCCCC(N)=O)ccc21. The van der Waals surface area contributed by atoms with E-state index in [1.54, 1.807) is 0 Å². The number of nitrogens with two attached hydrogens (primary N) is 1. The van der Waals surface area contributed by atoms with E-state index < -0.39 is 0 Å². The van der Waals surface area contributed by atoms with E-state index in [2.05, 4.69) is 35.5 Å². The van der Waals surface area contributed by atoms with E-state index in [1.165, 1.54) is 29.7 Å². The number of benzene rings is 1. The van der Waals surface area contributed by atoms with Crippen molar-refractivity contribution in [1.29, 1.82) is 0 Å². The van der Waals surface area contributed by atoms with Crippen LogP contribution in [0.4, 0.5) is 5.69 Å². The van der Waals surface area contributed by atoms with Crippen molar-refractivity contribution in [1.82, 2.24) is 5.32 Å². The molecule has 0 atom stereocenters. The first-order chi connectivity index (χ1) is 9.66. The largest absolute Gasteiger partial charge is 0.374 e. The van der Waals surface area contributed by atoms with Gasteiger partial charge in [0.25, 0.3) is 0 Å². The van der Waals surface area contributed by atoms with E-state index in [9.17, 15) is 4.79 Å². The molecular weight excluding hydrogens is 250 g/mol. The summed E-state index contributed by atoms with van der Waals surface area (Å²) < 4.78 is 0. The highest BCUT2D eigenvalue weighted by Crippen LogP contribution is 2.26. The second-order valence-electron chi connectivity index (χ2n) is 5.59. The smallest absolute Gasteiger partial charge is 0.217 e. The lowest BCUT2D eigenvalue weighted by atomic mass is 9.99. The van der Waals surface area contributed by atoms with Crippen LogP contribution in [0.5, 0.6) is 0 Å². The number of primary amides is 1. The summed E-state index contributed by atoms with van der Waals surface area (Å²) in [6.07, 6.45) is 4.79. The molecule has 20 heavy (non-hydrogen) atoms. The Balaban J connectivity index is 1.75. The first-order valence-electron chi connectivity index (χ1n) is 7.49. The Hall–Kier alpha value is -1.55. The minimum Gasteiger partial charge on any atom is -0.374 e. The van der Waals surface area contributed by atoms with E-state index in [0.29, 0.717) is 6.42 Å². The van der Waals surface area contributed by atoms with Gasteiger partial charge in [-0.05, 0) is 49.4 Å². The number of unbranched alkanes of at least 4 members (excludes halogenated alkanes) is 1. The molecule has 3 N–H and O–H groups in total. The molecule has 0 radical (unpaired) electrons. The Kier molecular flexibility index (Phi) is 5.41. The molecule has 1 aliphatic rings. The summed E-state index contributed by atoms with van der Waals surface area (Å²) in [5, 5.41) is 3.43. The third-order valence-corrected chi connectivity index (χ3v) is 3.85. The standard InChI is InChI=1S/C16H25N3O/c1-19-10-4-5-14-11-13(7-8-15(14)19)12-18-9-3-2-6-16(17)20/h7-8,11,18H,2-6,9-10,12H2,1H3,(H2,17,20). The van der Waals surface area contributed by atoms with Gasteiger partial charge in [-0.25, -0.2) is 0 Å². The molecule has 1 heterocycles. The minimum atomic E-state index is -0.205. The van der Waals surface area contributed by atoms with Gasteiger partial charge in [0.15, 0.2) is 0 Å². The zero-order valence-electron chi connectivity index (χ0n) is 12.3. The van der Waals surface area contributed by atoms with Crippen LogP contribution in [0, 0.1) is 0 Å². The number of nitrogens with zero attached hydrogens (tertiary/aromatic N) is 1. The Morgan fingerprint density at radius 2 is 2.25 bits per heavy atom. The quantitative estimate of drug-likeness (QED) is 0.746. The Morgan fingerprint density at radius 1 is 1.40 bits per heavy atom. The van der Waals surface area contributed by atoms with Crippen LogP contribution in [0.25, 0.3) is 0 Å². The fourth-order valence-corrected chi connectivity index (χ4v) is 2.73. The number of hydrogen-bond acceptors (Lipinski definition) is 3. The van der Waals surface area contributed by atoms with E-state index in [1.807, 2.05) is 0 Å². The minimum absolute atomic E-state index is 0.205. The molecule has 4 nitrogen and oxygen atoms in total. The molecule has 0 fully saturated rings. The molecule has 110 valence electrons. The van der Waals surface area contributed by atoms with Gasteiger partial charge >= 0.3 is 0 Å². The summed E-state index contributed by atoms with van der Waals surface area (Å²) in [7, 11) is 2.16. The van der Waals surface area contributed by atoms with Gasteiger partial charge in [0, 0.05) is 32.2 Å². The molecular formula is C16H25N3O. The first kappa shape index (κ1) is 14.9. The summed E-state index contributed by atoms with van der Waals surface area (Å²) in [6.45, 7) is 2.99. The molecule has 1 aromatic carbocycles. The van der Waals surface area contributed by atoms with Gasteiger partial charge in [0.05, 0.1) is 0 Å². The lowest BCUT2D eigenvalue weighted by molar-refractivity contribution is -0.118. The number of aryl methyl sites for hydroxylation is 1. The third-order valence-electron chi connectivity index (χ3n) is 3.85. The number of anilines is 1. The van der Waals surface area contributed by atoms with Gasteiger partial charge < -0.3 is 16.0 Å². The van der Waals surface area contributed by atoms with Crippen molar-refractivity contribution < 1.29 is 4.79 Å². The van der Waals surface area contributed by atoms with Crippen LogP contribution in [0.1, 0.15) is 36.8 Å². The van der Waals surface area contributed by atoms with Gasteiger partial charge in [-0.2, -0.15) is 0 Å². The van der Waals surface area contributed by atoms with E-state index in [4.69, 9.17) is 5.73 Å². The summed E-state index contributed by atoms with van der Waals surface area (Å²) >= 11 is 0. The Morgan fingerprint density at radius 3 is 3.05 bits per heavy atom. The second-order valence-corrected chi connectivity index (χ2v) is 5.59. The molecule has 0 bridgehead atoms. The average molecular weight is 275 g/mol. The predicted molar refractivity (Wildman–Crippen MR) is 82.8 cm³/mol. The van der Waals surface area contributed by atoms with Gasteiger partial charge in [0.2, 0.25) is 5.91 Å². The number of carbonyl (C=O) groups is 1. The molecule has 0 aliphatic carbocycles. The predicted octanol–water partition coefficient (Wildman–Crippen LogP) is 1.81. The molecule has 0 saturated carbocycles. The summed E-state index contributed by atoms with van der Waals surface area (Å²) in [5.41, 5.74) is 9.29. The number of rotatable bonds is 7. The average Bonchev–Trinajstić information content (AvgIpc) is 2.42. The highest BCUT2D eigenvalue weighted by Gasteiger charge is 2.13. The van der Waals surface area contributed by atoms with Crippen molar-refractivity contribution in [2.45, 2.75) is 38.6 Å². The first-order valence-corrected chi connectivity index (χ1v) is 7.49. The maximum absolute atomic E-state index is 10.6. The van der Waals surface area contributed by atoms with Gasteiger partial charge in [-0.1, -0.05) is 12.1 Å². The Bertz CT molecular complexity index is 459. The fourth-order valence-electron chi connectivity index (χ4n) is 2.73. The number of fused-ring (bicyclic) bond motifs is 1. The van der Waals surface area contributed by atoms with Gasteiger partial charge in [-0.3, -0.25) is 4.79 Å². The van der Waals surface area contributed by atoms with E-state index in [0.717, 1.165) is 32.5 Å². The molecule has 0 saturated heterocycles.